The summed E-state index contributed by atoms with van der Waals surface area (Å²) in [5, 5.41) is 4.66. The van der Waals surface area contributed by atoms with Gasteiger partial charge in [-0.05, 0) is 49.7 Å². The van der Waals surface area contributed by atoms with Crippen molar-refractivity contribution in [3.8, 4) is 11.3 Å². The lowest BCUT2D eigenvalue weighted by Crippen LogP contribution is -2.11. The van der Waals surface area contributed by atoms with Crippen LogP contribution in [0.5, 0.6) is 0 Å². The number of hydrogen-bond acceptors (Lipinski definition) is 2. The molecule has 3 rings (SSSR count). The minimum absolute atomic E-state index is 0.338. The Kier molecular flexibility index (Phi) is 3.33. The van der Waals surface area contributed by atoms with Crippen molar-refractivity contribution in [2.75, 3.05) is 6.54 Å². The molecule has 2 nitrogen and oxygen atoms in total. The van der Waals surface area contributed by atoms with Crippen LogP contribution in [-0.2, 0) is 0 Å². The molecule has 1 aromatic carbocycles. The molecule has 1 aliphatic rings. The SMILES string of the molecule is Clc1ccc(-c2ccc([C@H]3CCCN3)o2)c(Cl)c1. The zero-order valence-electron chi connectivity index (χ0n) is 9.75. The molecule has 0 aliphatic carbocycles. The van der Waals surface area contributed by atoms with E-state index < -0.39 is 0 Å². The van der Waals surface area contributed by atoms with Crippen LogP contribution < -0.4 is 5.32 Å². The van der Waals surface area contributed by atoms with Crippen molar-refractivity contribution < 1.29 is 4.42 Å². The summed E-state index contributed by atoms with van der Waals surface area (Å²) in [7, 11) is 0. The highest BCUT2D eigenvalue weighted by atomic mass is 35.5. The molecule has 1 N–H and O–H groups in total. The lowest BCUT2D eigenvalue weighted by molar-refractivity contribution is 0.454. The van der Waals surface area contributed by atoms with Gasteiger partial charge in [0, 0.05) is 10.6 Å². The Morgan fingerprint density at radius 2 is 2.06 bits per heavy atom. The summed E-state index contributed by atoms with van der Waals surface area (Å²) in [5.41, 5.74) is 0.880. The van der Waals surface area contributed by atoms with E-state index in [9.17, 15) is 0 Å². The number of halogens is 2. The molecule has 4 heteroatoms. The Balaban J connectivity index is 1.92. The van der Waals surface area contributed by atoms with Gasteiger partial charge in [0.2, 0.25) is 0 Å². The molecule has 1 fully saturated rings. The van der Waals surface area contributed by atoms with Gasteiger partial charge in [0.25, 0.3) is 0 Å². The highest BCUT2D eigenvalue weighted by molar-refractivity contribution is 6.36. The van der Waals surface area contributed by atoms with E-state index in [1.165, 1.54) is 6.42 Å². The Morgan fingerprint density at radius 3 is 2.78 bits per heavy atom. The van der Waals surface area contributed by atoms with Crippen molar-refractivity contribution in [3.05, 3.63) is 46.1 Å². The molecule has 0 radical (unpaired) electrons. The fraction of sp³-hybridized carbons (Fsp3) is 0.286. The molecule has 0 bridgehead atoms. The van der Waals surface area contributed by atoms with Crippen molar-refractivity contribution in [1.82, 2.24) is 5.32 Å². The van der Waals surface area contributed by atoms with Crippen molar-refractivity contribution >= 4 is 23.2 Å². The van der Waals surface area contributed by atoms with E-state index in [1.54, 1.807) is 6.07 Å². The molecule has 0 saturated carbocycles. The third-order valence-electron chi connectivity index (χ3n) is 3.23. The molecule has 0 amide bonds. The monoisotopic (exact) mass is 281 g/mol. The minimum atomic E-state index is 0.338. The van der Waals surface area contributed by atoms with E-state index in [0.717, 1.165) is 30.0 Å². The maximum atomic E-state index is 6.17. The average molecular weight is 282 g/mol. The highest BCUT2D eigenvalue weighted by Gasteiger charge is 2.20. The second-order valence-corrected chi connectivity index (χ2v) is 5.32. The van der Waals surface area contributed by atoms with Gasteiger partial charge in [0.05, 0.1) is 11.1 Å². The van der Waals surface area contributed by atoms with Gasteiger partial charge in [-0.15, -0.1) is 0 Å². The summed E-state index contributed by atoms with van der Waals surface area (Å²) in [6.07, 6.45) is 2.32. The van der Waals surface area contributed by atoms with E-state index in [-0.39, 0.29) is 0 Å². The van der Waals surface area contributed by atoms with E-state index in [4.69, 9.17) is 27.6 Å². The topological polar surface area (TPSA) is 25.2 Å². The first kappa shape index (κ1) is 12.1. The van der Waals surface area contributed by atoms with Gasteiger partial charge in [-0.1, -0.05) is 23.2 Å². The molecule has 2 aromatic rings. The van der Waals surface area contributed by atoms with E-state index >= 15 is 0 Å². The van der Waals surface area contributed by atoms with Crippen molar-refractivity contribution in [2.24, 2.45) is 0 Å². The second kappa shape index (κ2) is 4.96. The fourth-order valence-electron chi connectivity index (χ4n) is 2.30. The van der Waals surface area contributed by atoms with Crippen LogP contribution >= 0.6 is 23.2 Å². The van der Waals surface area contributed by atoms with Crippen molar-refractivity contribution in [2.45, 2.75) is 18.9 Å². The van der Waals surface area contributed by atoms with E-state index in [2.05, 4.69) is 5.32 Å². The van der Waals surface area contributed by atoms with Gasteiger partial charge in [0.15, 0.2) is 0 Å². The zero-order chi connectivity index (χ0) is 12.5. The highest BCUT2D eigenvalue weighted by Crippen LogP contribution is 2.34. The first-order chi connectivity index (χ1) is 8.74. The van der Waals surface area contributed by atoms with Crippen LogP contribution in [0.2, 0.25) is 10.0 Å². The first-order valence-corrected chi connectivity index (χ1v) is 6.78. The summed E-state index contributed by atoms with van der Waals surface area (Å²) < 4.78 is 5.88. The van der Waals surface area contributed by atoms with Crippen LogP contribution in [0, 0.1) is 0 Å². The smallest absolute Gasteiger partial charge is 0.135 e. The molecule has 1 atom stereocenters. The lowest BCUT2D eigenvalue weighted by Gasteiger charge is -2.06. The van der Waals surface area contributed by atoms with Crippen LogP contribution in [0.1, 0.15) is 24.6 Å². The molecular weight excluding hydrogens is 269 g/mol. The van der Waals surface area contributed by atoms with E-state index in [1.807, 2.05) is 24.3 Å². The predicted molar refractivity (Wildman–Crippen MR) is 74.1 cm³/mol. The largest absolute Gasteiger partial charge is 0.459 e. The number of nitrogens with one attached hydrogen (secondary N) is 1. The first-order valence-electron chi connectivity index (χ1n) is 6.02. The molecule has 1 aliphatic heterocycles. The van der Waals surface area contributed by atoms with Gasteiger partial charge in [-0.2, -0.15) is 0 Å². The predicted octanol–water partition coefficient (Wildman–Crippen LogP) is 4.68. The van der Waals surface area contributed by atoms with Crippen LogP contribution in [0.4, 0.5) is 0 Å². The Bertz CT molecular complexity index is 559. The molecule has 18 heavy (non-hydrogen) atoms. The van der Waals surface area contributed by atoms with Crippen molar-refractivity contribution in [1.29, 1.82) is 0 Å². The molecule has 1 saturated heterocycles. The third kappa shape index (κ3) is 2.28. The summed E-state index contributed by atoms with van der Waals surface area (Å²) in [4.78, 5) is 0. The minimum Gasteiger partial charge on any atom is -0.459 e. The summed E-state index contributed by atoms with van der Waals surface area (Å²) in [6, 6.07) is 9.75. The molecule has 0 unspecified atom stereocenters. The normalized spacial score (nSPS) is 19.3. The Labute approximate surface area is 116 Å². The second-order valence-electron chi connectivity index (χ2n) is 4.48. The lowest BCUT2D eigenvalue weighted by atomic mass is 10.1. The van der Waals surface area contributed by atoms with Gasteiger partial charge in [-0.25, -0.2) is 0 Å². The molecule has 0 spiro atoms. The molecular formula is C14H13Cl2NO. The molecule has 1 aromatic heterocycles. The zero-order valence-corrected chi connectivity index (χ0v) is 11.3. The van der Waals surface area contributed by atoms with Crippen LogP contribution in [-0.4, -0.2) is 6.54 Å². The van der Waals surface area contributed by atoms with Crippen molar-refractivity contribution in [3.63, 3.8) is 0 Å². The fourth-order valence-corrected chi connectivity index (χ4v) is 2.80. The van der Waals surface area contributed by atoms with Gasteiger partial charge in [0.1, 0.15) is 11.5 Å². The summed E-state index contributed by atoms with van der Waals surface area (Å²) in [6.45, 7) is 1.06. The maximum absolute atomic E-state index is 6.17. The molecule has 94 valence electrons. The van der Waals surface area contributed by atoms with Crippen LogP contribution in [0.25, 0.3) is 11.3 Å². The maximum Gasteiger partial charge on any atom is 0.135 e. The van der Waals surface area contributed by atoms with Crippen LogP contribution in [0.3, 0.4) is 0 Å². The van der Waals surface area contributed by atoms with Crippen LogP contribution in [0.15, 0.2) is 34.7 Å². The van der Waals surface area contributed by atoms with E-state index in [0.29, 0.717) is 16.1 Å². The van der Waals surface area contributed by atoms with Gasteiger partial charge < -0.3 is 9.73 Å². The number of hydrogen-bond donors (Lipinski definition) is 1. The standard InChI is InChI=1S/C14H13Cl2NO/c15-9-3-4-10(11(16)8-9)13-5-6-14(18-13)12-2-1-7-17-12/h3-6,8,12,17H,1-2,7H2/t12-/m1/s1. The number of rotatable bonds is 2. The quantitative estimate of drug-likeness (QED) is 0.865. The van der Waals surface area contributed by atoms with Gasteiger partial charge >= 0.3 is 0 Å². The van der Waals surface area contributed by atoms with Gasteiger partial charge in [-0.3, -0.25) is 0 Å². The number of benzene rings is 1. The average Bonchev–Trinajstić information content (AvgIpc) is 2.99. The summed E-state index contributed by atoms with van der Waals surface area (Å²) in [5.74, 6) is 1.77. The third-order valence-corrected chi connectivity index (χ3v) is 3.77. The Hall–Kier alpha value is -0.960. The Morgan fingerprint density at radius 1 is 1.17 bits per heavy atom. The molecule has 2 heterocycles. The number of furan rings is 1. The summed E-state index contributed by atoms with van der Waals surface area (Å²) >= 11 is 12.1.